The fraction of sp³-hybridized carbons (Fsp3) is 0.286. The van der Waals surface area contributed by atoms with Crippen LogP contribution in [-0.4, -0.2) is 24.3 Å². The highest BCUT2D eigenvalue weighted by molar-refractivity contribution is 6.31. The smallest absolute Gasteiger partial charge is 0.239 e. The molecular weight excluding hydrogens is 416 g/mol. The maximum absolute atomic E-state index is 14.0. The average Bonchev–Trinajstić information content (AvgIpc) is 3.12. The predicted molar refractivity (Wildman–Crippen MR) is 107 cm³/mol. The Hall–Kier alpha value is -3.00. The van der Waals surface area contributed by atoms with Crippen LogP contribution in [0.5, 0.6) is 0 Å². The maximum Gasteiger partial charge on any atom is 0.239 e. The number of hydrogen-bond donors (Lipinski definition) is 2. The van der Waals surface area contributed by atoms with Crippen molar-refractivity contribution in [3.8, 4) is 0 Å². The predicted octanol–water partition coefficient (Wildman–Crippen LogP) is 3.17. The van der Waals surface area contributed by atoms with E-state index in [4.69, 9.17) is 11.6 Å². The molecule has 0 spiro atoms. The summed E-state index contributed by atoms with van der Waals surface area (Å²) in [6.45, 7) is 0.172. The van der Waals surface area contributed by atoms with Gasteiger partial charge in [-0.2, -0.15) is 0 Å². The maximum atomic E-state index is 14.0. The Labute approximate surface area is 176 Å². The molecule has 2 aromatic carbocycles. The van der Waals surface area contributed by atoms with Crippen LogP contribution in [0.2, 0.25) is 5.02 Å². The number of fused-ring (bicyclic) bond motifs is 1. The Morgan fingerprint density at radius 2 is 2.00 bits per heavy atom. The van der Waals surface area contributed by atoms with Crippen molar-refractivity contribution < 1.29 is 23.2 Å². The van der Waals surface area contributed by atoms with Crippen molar-refractivity contribution in [3.63, 3.8) is 0 Å². The second kappa shape index (κ2) is 8.02. The minimum atomic E-state index is -0.933. The second-order valence-electron chi connectivity index (χ2n) is 7.27. The number of carbonyl (C=O) groups is 3. The molecule has 9 heteroatoms. The first-order chi connectivity index (χ1) is 14.3. The van der Waals surface area contributed by atoms with Crippen molar-refractivity contribution in [2.45, 2.75) is 25.8 Å². The summed E-state index contributed by atoms with van der Waals surface area (Å²) in [7, 11) is 0. The van der Waals surface area contributed by atoms with Crippen LogP contribution in [0.15, 0.2) is 30.3 Å². The highest BCUT2D eigenvalue weighted by atomic mass is 35.5. The van der Waals surface area contributed by atoms with Crippen molar-refractivity contribution >= 4 is 40.7 Å². The molecule has 156 valence electrons. The highest BCUT2D eigenvalue weighted by Gasteiger charge is 2.37. The number of aryl methyl sites for hydroxylation is 1. The van der Waals surface area contributed by atoms with E-state index in [1.165, 1.54) is 11.0 Å². The molecule has 0 aromatic heterocycles. The zero-order chi connectivity index (χ0) is 21.4. The molecule has 2 N–H and O–H groups in total. The van der Waals surface area contributed by atoms with E-state index >= 15 is 0 Å². The lowest BCUT2D eigenvalue weighted by atomic mass is 10.0. The summed E-state index contributed by atoms with van der Waals surface area (Å²) in [5.74, 6) is -3.60. The van der Waals surface area contributed by atoms with Gasteiger partial charge < -0.3 is 15.5 Å². The summed E-state index contributed by atoms with van der Waals surface area (Å²) in [5.41, 5.74) is 2.38. The number of halogens is 3. The number of nitrogens with one attached hydrogen (secondary N) is 2. The fourth-order valence-corrected chi connectivity index (χ4v) is 3.91. The second-order valence-corrected chi connectivity index (χ2v) is 7.65. The standard InChI is InChI=1S/C21H18ClF2N3O3/c22-18-15(23)4-1-12(19(18)24)10-25-20(29)14-7-8-27(21(14)30)13-3-5-16-11(9-13)2-6-17(28)26-16/h1,3-5,9,14H,2,6-8,10H2,(H,25,29)(H,26,28). The fourth-order valence-electron chi connectivity index (χ4n) is 3.73. The van der Waals surface area contributed by atoms with Gasteiger partial charge in [0.25, 0.3) is 0 Å². The van der Waals surface area contributed by atoms with Crippen LogP contribution >= 0.6 is 11.6 Å². The van der Waals surface area contributed by atoms with Crippen molar-refractivity contribution in [1.29, 1.82) is 0 Å². The molecule has 0 radical (unpaired) electrons. The van der Waals surface area contributed by atoms with Crippen LogP contribution in [0.1, 0.15) is 24.0 Å². The van der Waals surface area contributed by atoms with Gasteiger partial charge in [-0.1, -0.05) is 17.7 Å². The lowest BCUT2D eigenvalue weighted by Crippen LogP contribution is -2.36. The molecule has 3 amide bonds. The first-order valence-corrected chi connectivity index (χ1v) is 9.87. The van der Waals surface area contributed by atoms with Gasteiger partial charge in [0.05, 0.1) is 0 Å². The van der Waals surface area contributed by atoms with Crippen LogP contribution < -0.4 is 15.5 Å². The number of hydrogen-bond acceptors (Lipinski definition) is 3. The summed E-state index contributed by atoms with van der Waals surface area (Å²) in [6, 6.07) is 7.56. The van der Waals surface area contributed by atoms with E-state index in [2.05, 4.69) is 10.6 Å². The number of nitrogens with zero attached hydrogens (tertiary/aromatic N) is 1. The van der Waals surface area contributed by atoms with E-state index < -0.39 is 28.5 Å². The van der Waals surface area contributed by atoms with Gasteiger partial charge >= 0.3 is 0 Å². The molecule has 0 bridgehead atoms. The number of rotatable bonds is 4. The SMILES string of the molecule is O=C1CCc2cc(N3CCC(C(=O)NCc4ccc(F)c(Cl)c4F)C3=O)ccc2N1. The molecule has 4 rings (SSSR count). The van der Waals surface area contributed by atoms with Gasteiger partial charge in [-0.15, -0.1) is 0 Å². The van der Waals surface area contributed by atoms with Gasteiger partial charge in [-0.05, 0) is 42.7 Å². The van der Waals surface area contributed by atoms with E-state index in [9.17, 15) is 23.2 Å². The number of amides is 3. The van der Waals surface area contributed by atoms with Crippen LogP contribution in [-0.2, 0) is 27.3 Å². The van der Waals surface area contributed by atoms with Gasteiger partial charge in [0.1, 0.15) is 22.6 Å². The Kier molecular flexibility index (Phi) is 5.42. The van der Waals surface area contributed by atoms with E-state index in [1.807, 2.05) is 6.07 Å². The Morgan fingerprint density at radius 3 is 2.80 bits per heavy atom. The molecule has 2 aliphatic heterocycles. The first kappa shape index (κ1) is 20.3. The summed E-state index contributed by atoms with van der Waals surface area (Å²) < 4.78 is 27.2. The number of anilines is 2. The molecular formula is C21H18ClF2N3O3. The zero-order valence-corrected chi connectivity index (χ0v) is 16.6. The van der Waals surface area contributed by atoms with Crippen molar-refractivity contribution in [3.05, 3.63) is 58.1 Å². The lowest BCUT2D eigenvalue weighted by molar-refractivity contribution is -0.132. The molecule has 0 aliphatic carbocycles. The summed E-state index contributed by atoms with van der Waals surface area (Å²) in [4.78, 5) is 38.3. The quantitative estimate of drug-likeness (QED) is 0.574. The molecule has 1 atom stereocenters. The van der Waals surface area contributed by atoms with Crippen molar-refractivity contribution in [2.24, 2.45) is 5.92 Å². The Morgan fingerprint density at radius 1 is 1.20 bits per heavy atom. The summed E-state index contributed by atoms with van der Waals surface area (Å²) in [6.07, 6.45) is 1.30. The number of carbonyl (C=O) groups excluding carboxylic acids is 3. The molecule has 2 aromatic rings. The molecule has 30 heavy (non-hydrogen) atoms. The molecule has 2 heterocycles. The first-order valence-electron chi connectivity index (χ1n) is 9.49. The van der Waals surface area contributed by atoms with Gasteiger partial charge in [0.15, 0.2) is 0 Å². The summed E-state index contributed by atoms with van der Waals surface area (Å²) in [5, 5.41) is 4.69. The molecule has 6 nitrogen and oxygen atoms in total. The zero-order valence-electron chi connectivity index (χ0n) is 15.8. The Balaban J connectivity index is 1.42. The van der Waals surface area contributed by atoms with Crippen LogP contribution in [0.4, 0.5) is 20.2 Å². The highest BCUT2D eigenvalue weighted by Crippen LogP contribution is 2.31. The van der Waals surface area contributed by atoms with Gasteiger partial charge in [0.2, 0.25) is 17.7 Å². The average molecular weight is 434 g/mol. The van der Waals surface area contributed by atoms with Gasteiger partial charge in [-0.3, -0.25) is 14.4 Å². The molecule has 0 saturated carbocycles. The lowest BCUT2D eigenvalue weighted by Gasteiger charge is -2.22. The van der Waals surface area contributed by atoms with Gasteiger partial charge in [0, 0.05) is 36.4 Å². The number of benzene rings is 2. The van der Waals surface area contributed by atoms with Crippen LogP contribution in [0, 0.1) is 17.6 Å². The minimum absolute atomic E-state index is 0.0359. The third kappa shape index (κ3) is 3.75. The molecule has 2 aliphatic rings. The molecule has 1 fully saturated rings. The summed E-state index contributed by atoms with van der Waals surface area (Å²) >= 11 is 5.55. The monoisotopic (exact) mass is 433 g/mol. The third-order valence-electron chi connectivity index (χ3n) is 5.39. The van der Waals surface area contributed by atoms with E-state index in [-0.39, 0.29) is 23.9 Å². The van der Waals surface area contributed by atoms with Crippen LogP contribution in [0.3, 0.4) is 0 Å². The molecule has 1 unspecified atom stereocenters. The van der Waals surface area contributed by atoms with E-state index in [0.29, 0.717) is 31.5 Å². The third-order valence-corrected chi connectivity index (χ3v) is 5.73. The van der Waals surface area contributed by atoms with Crippen molar-refractivity contribution in [2.75, 3.05) is 16.8 Å². The van der Waals surface area contributed by atoms with Crippen molar-refractivity contribution in [1.82, 2.24) is 5.32 Å². The van der Waals surface area contributed by atoms with Gasteiger partial charge in [-0.25, -0.2) is 8.78 Å². The van der Waals surface area contributed by atoms with E-state index in [0.717, 1.165) is 17.3 Å². The van der Waals surface area contributed by atoms with E-state index in [1.54, 1.807) is 12.1 Å². The largest absolute Gasteiger partial charge is 0.351 e. The Bertz CT molecular complexity index is 1060. The van der Waals surface area contributed by atoms with Crippen LogP contribution in [0.25, 0.3) is 0 Å². The topological polar surface area (TPSA) is 78.5 Å². The molecule has 1 saturated heterocycles. The normalized spacial score (nSPS) is 18.2. The minimum Gasteiger partial charge on any atom is -0.351 e.